The van der Waals surface area contributed by atoms with E-state index in [1.165, 1.54) is 42.9 Å². The minimum Gasteiger partial charge on any atom is -0.478 e. The molecule has 2 atom stereocenters. The van der Waals surface area contributed by atoms with Crippen molar-refractivity contribution in [1.29, 1.82) is 0 Å². The lowest BCUT2D eigenvalue weighted by Crippen LogP contribution is -2.34. The van der Waals surface area contributed by atoms with Gasteiger partial charge in [-0.15, -0.1) is 0 Å². The van der Waals surface area contributed by atoms with Crippen molar-refractivity contribution in [2.75, 3.05) is 0 Å². The Morgan fingerprint density at radius 1 is 1.04 bits per heavy atom. The molecule has 2 unspecified atom stereocenters. The first-order valence-corrected chi connectivity index (χ1v) is 10.7. The number of benzene rings is 1. The zero-order chi connectivity index (χ0) is 20.5. The Kier molecular flexibility index (Phi) is 4.23. The number of fused-ring (bicyclic) bond motifs is 2. The summed E-state index contributed by atoms with van der Waals surface area (Å²) in [6.45, 7) is 13.8. The third-order valence-corrected chi connectivity index (χ3v) is 7.88. The van der Waals surface area contributed by atoms with E-state index < -0.39 is 5.97 Å². The molecular weight excluding hydrogens is 344 g/mol. The zero-order valence-electron chi connectivity index (χ0n) is 18.3. The Morgan fingerprint density at radius 2 is 1.64 bits per heavy atom. The van der Waals surface area contributed by atoms with Gasteiger partial charge < -0.3 is 5.11 Å². The second-order valence-corrected chi connectivity index (χ2v) is 10.8. The highest BCUT2D eigenvalue weighted by Gasteiger charge is 2.60. The van der Waals surface area contributed by atoms with Crippen LogP contribution in [0.15, 0.2) is 35.4 Å². The molecule has 0 amide bonds. The van der Waals surface area contributed by atoms with E-state index in [0.29, 0.717) is 11.3 Å². The molecule has 2 saturated carbocycles. The van der Waals surface area contributed by atoms with Crippen LogP contribution in [0.25, 0.3) is 0 Å². The molecule has 1 aromatic rings. The number of carboxylic acid groups (broad SMARTS) is 1. The number of hydrogen-bond donors (Lipinski definition) is 1. The minimum absolute atomic E-state index is 0.242. The predicted octanol–water partition coefficient (Wildman–Crippen LogP) is 6.35. The molecule has 0 spiro atoms. The Balaban J connectivity index is 1.73. The average molecular weight is 379 g/mol. The molecule has 0 radical (unpaired) electrons. The highest BCUT2D eigenvalue weighted by atomic mass is 16.4. The van der Waals surface area contributed by atoms with Crippen LogP contribution in [-0.2, 0) is 21.0 Å². The van der Waals surface area contributed by atoms with Crippen LogP contribution in [0.5, 0.6) is 0 Å². The van der Waals surface area contributed by atoms with E-state index in [1.54, 1.807) is 16.7 Å². The van der Waals surface area contributed by atoms with Crippen molar-refractivity contribution >= 4 is 5.97 Å². The van der Waals surface area contributed by atoms with Gasteiger partial charge in [0.15, 0.2) is 0 Å². The molecule has 2 heteroatoms. The summed E-state index contributed by atoms with van der Waals surface area (Å²) in [6, 6.07) is 5.06. The monoisotopic (exact) mass is 378 g/mol. The van der Waals surface area contributed by atoms with E-state index >= 15 is 0 Å². The number of hydrogen-bond acceptors (Lipinski definition) is 1. The molecule has 0 aromatic heterocycles. The van der Waals surface area contributed by atoms with Crippen LogP contribution in [0.4, 0.5) is 0 Å². The van der Waals surface area contributed by atoms with Crippen LogP contribution in [0.3, 0.4) is 0 Å². The number of carbonyl (C=O) groups is 1. The van der Waals surface area contributed by atoms with Crippen LogP contribution in [0.1, 0.15) is 89.0 Å². The summed E-state index contributed by atoms with van der Waals surface area (Å²) in [5, 5.41) is 9.00. The summed E-state index contributed by atoms with van der Waals surface area (Å²) in [5.74, 6) is -0.258. The Bertz CT molecular complexity index is 913. The fourth-order valence-corrected chi connectivity index (χ4v) is 6.00. The summed E-state index contributed by atoms with van der Waals surface area (Å²) in [6.07, 6.45) is 9.48. The lowest BCUT2D eigenvalue weighted by atomic mass is 9.62. The Hall–Kier alpha value is -1.83. The van der Waals surface area contributed by atoms with Crippen LogP contribution >= 0.6 is 0 Å². The summed E-state index contributed by atoms with van der Waals surface area (Å²) in [7, 11) is 0. The Morgan fingerprint density at radius 3 is 2.21 bits per heavy atom. The molecule has 0 saturated heterocycles. The molecular formula is C26H34O2. The van der Waals surface area contributed by atoms with E-state index in [0.717, 1.165) is 12.0 Å². The van der Waals surface area contributed by atoms with Gasteiger partial charge in [0.05, 0.1) is 0 Å². The van der Waals surface area contributed by atoms with E-state index in [9.17, 15) is 4.79 Å². The molecule has 2 nitrogen and oxygen atoms in total. The molecule has 0 bridgehead atoms. The normalized spacial score (nSPS) is 31.4. The van der Waals surface area contributed by atoms with Crippen LogP contribution in [-0.4, -0.2) is 11.1 Å². The highest BCUT2D eigenvalue weighted by Crippen LogP contribution is 2.67. The summed E-state index contributed by atoms with van der Waals surface area (Å²) in [4.78, 5) is 10.9. The van der Waals surface area contributed by atoms with Gasteiger partial charge >= 0.3 is 5.97 Å². The van der Waals surface area contributed by atoms with E-state index in [2.05, 4.69) is 52.8 Å². The summed E-state index contributed by atoms with van der Waals surface area (Å²) in [5.41, 5.74) is 9.22. The maximum Gasteiger partial charge on any atom is 0.328 e. The smallest absolute Gasteiger partial charge is 0.328 e. The van der Waals surface area contributed by atoms with Crippen molar-refractivity contribution in [3.8, 4) is 0 Å². The molecule has 28 heavy (non-hydrogen) atoms. The van der Waals surface area contributed by atoms with Gasteiger partial charge in [-0.3, -0.25) is 0 Å². The van der Waals surface area contributed by atoms with Crippen molar-refractivity contribution in [2.45, 2.75) is 89.9 Å². The molecule has 150 valence electrons. The van der Waals surface area contributed by atoms with Crippen LogP contribution in [0, 0.1) is 12.8 Å². The molecule has 4 rings (SSSR count). The van der Waals surface area contributed by atoms with Crippen molar-refractivity contribution in [2.24, 2.45) is 5.92 Å². The predicted molar refractivity (Wildman–Crippen MR) is 115 cm³/mol. The second-order valence-electron chi connectivity index (χ2n) is 10.8. The number of carboxylic acids is 1. The lowest BCUT2D eigenvalue weighted by Gasteiger charge is -2.43. The van der Waals surface area contributed by atoms with Gasteiger partial charge in [0.25, 0.3) is 0 Å². The molecule has 3 aliphatic carbocycles. The zero-order valence-corrected chi connectivity index (χ0v) is 18.3. The molecule has 3 aliphatic rings. The van der Waals surface area contributed by atoms with Gasteiger partial charge in [0, 0.05) is 11.5 Å². The van der Waals surface area contributed by atoms with Gasteiger partial charge in [-0.25, -0.2) is 4.79 Å². The first-order valence-electron chi connectivity index (χ1n) is 10.7. The average Bonchev–Trinajstić information content (AvgIpc) is 3.21. The topological polar surface area (TPSA) is 37.3 Å². The van der Waals surface area contributed by atoms with Gasteiger partial charge in [-0.1, -0.05) is 51.5 Å². The van der Waals surface area contributed by atoms with E-state index in [4.69, 9.17) is 5.11 Å². The molecule has 0 heterocycles. The molecule has 1 aromatic carbocycles. The van der Waals surface area contributed by atoms with Crippen LogP contribution in [0.2, 0.25) is 0 Å². The first kappa shape index (κ1) is 19.5. The van der Waals surface area contributed by atoms with Gasteiger partial charge in [-0.05, 0) is 90.5 Å². The fourth-order valence-electron chi connectivity index (χ4n) is 6.00. The first-order chi connectivity index (χ1) is 13.0. The third-order valence-electron chi connectivity index (χ3n) is 7.88. The van der Waals surface area contributed by atoms with Crippen molar-refractivity contribution in [3.63, 3.8) is 0 Å². The molecule has 1 N–H and O–H groups in total. The number of allylic oxidation sites excluding steroid dienone is 3. The van der Waals surface area contributed by atoms with E-state index in [-0.39, 0.29) is 10.8 Å². The van der Waals surface area contributed by atoms with E-state index in [1.807, 2.05) is 6.92 Å². The summed E-state index contributed by atoms with van der Waals surface area (Å²) >= 11 is 0. The molecule has 0 aliphatic heterocycles. The fraction of sp³-hybridized carbons (Fsp3) is 0.577. The minimum atomic E-state index is -0.857. The highest BCUT2D eigenvalue weighted by molar-refractivity contribution is 5.81. The van der Waals surface area contributed by atoms with Crippen LogP contribution < -0.4 is 0 Å². The molecule has 2 fully saturated rings. The lowest BCUT2D eigenvalue weighted by molar-refractivity contribution is -0.131. The van der Waals surface area contributed by atoms with Gasteiger partial charge in [0.2, 0.25) is 0 Å². The number of rotatable bonds is 3. The van der Waals surface area contributed by atoms with Crippen molar-refractivity contribution in [1.82, 2.24) is 0 Å². The number of aliphatic carboxylic acids is 1. The number of aryl methyl sites for hydroxylation is 1. The standard InChI is InChI=1S/C26H34O2/c1-16(12-23(27)28)11-18-7-8-26(15-22(18)26)19-14-21-20(13-17(19)2)24(3,4)9-10-25(21,5)6/h11-14,22H,7-10,15H2,1-6H3,(H,27,28). The quantitative estimate of drug-likeness (QED) is 0.622. The Labute approximate surface area is 169 Å². The maximum atomic E-state index is 10.9. The van der Waals surface area contributed by atoms with Gasteiger partial charge in [0.1, 0.15) is 0 Å². The largest absolute Gasteiger partial charge is 0.478 e. The maximum absolute atomic E-state index is 10.9. The SMILES string of the molecule is CC(=CC(=O)O)C=C1CCC2(c3cc4c(cc3C)C(C)(C)CCC4(C)C)CC12. The van der Waals surface area contributed by atoms with Gasteiger partial charge in [-0.2, -0.15) is 0 Å². The van der Waals surface area contributed by atoms with Crippen molar-refractivity contribution in [3.05, 3.63) is 57.7 Å². The third kappa shape index (κ3) is 2.96. The van der Waals surface area contributed by atoms with Crippen molar-refractivity contribution < 1.29 is 9.90 Å². The summed E-state index contributed by atoms with van der Waals surface area (Å²) < 4.78 is 0. The second kappa shape index (κ2) is 6.08.